The summed E-state index contributed by atoms with van der Waals surface area (Å²) in [6.07, 6.45) is -4.61. The summed E-state index contributed by atoms with van der Waals surface area (Å²) in [5, 5.41) is 8.66. The highest BCUT2D eigenvalue weighted by Gasteiger charge is 2.33. The number of amides is 1. The molecule has 106 valence electrons. The lowest BCUT2D eigenvalue weighted by Crippen LogP contribution is -2.13. The Labute approximate surface area is 124 Å². The summed E-state index contributed by atoms with van der Waals surface area (Å²) in [6, 6.07) is 3.04. The van der Waals surface area contributed by atoms with Gasteiger partial charge in [-0.3, -0.25) is 4.79 Å². The Bertz CT molecular complexity index is 659. The molecule has 0 unspecified atom stereocenters. The van der Waals surface area contributed by atoms with Gasteiger partial charge in [-0.2, -0.15) is 13.2 Å². The van der Waals surface area contributed by atoms with Gasteiger partial charge in [0.25, 0.3) is 5.91 Å². The van der Waals surface area contributed by atoms with Crippen LogP contribution in [0, 0.1) is 0 Å². The van der Waals surface area contributed by atoms with Crippen LogP contribution in [0.4, 0.5) is 18.9 Å². The summed E-state index contributed by atoms with van der Waals surface area (Å²) in [7, 11) is 0. The van der Waals surface area contributed by atoms with E-state index in [4.69, 9.17) is 23.2 Å². The molecule has 0 aliphatic rings. The van der Waals surface area contributed by atoms with Crippen molar-refractivity contribution in [3.8, 4) is 0 Å². The first kappa shape index (κ1) is 15.0. The summed E-state index contributed by atoms with van der Waals surface area (Å²) in [6.45, 7) is 0. The summed E-state index contributed by atoms with van der Waals surface area (Å²) in [5.41, 5.74) is -1.09. The maximum atomic E-state index is 12.7. The molecule has 0 radical (unpaired) electrons. The summed E-state index contributed by atoms with van der Waals surface area (Å²) < 4.78 is 38.0. The average Bonchev–Trinajstić information content (AvgIpc) is 2.77. The van der Waals surface area contributed by atoms with Crippen LogP contribution in [0.1, 0.15) is 15.4 Å². The van der Waals surface area contributed by atoms with Crippen molar-refractivity contribution in [2.24, 2.45) is 0 Å². The zero-order chi connectivity index (χ0) is 14.9. The van der Waals surface area contributed by atoms with Gasteiger partial charge < -0.3 is 5.32 Å². The van der Waals surface area contributed by atoms with E-state index < -0.39 is 22.7 Å². The van der Waals surface area contributed by atoms with E-state index in [9.17, 15) is 18.0 Å². The second kappa shape index (κ2) is 5.55. The quantitative estimate of drug-likeness (QED) is 0.893. The van der Waals surface area contributed by atoms with Crippen molar-refractivity contribution in [2.75, 3.05) is 5.32 Å². The Hall–Kier alpha value is -1.38. The van der Waals surface area contributed by atoms with E-state index >= 15 is 0 Å². The first-order chi connectivity index (χ1) is 9.27. The standard InChI is InChI=1S/C10H4Cl2F3N3OS/c11-6-2-1-4(3-5(6)10(13,14)15)16-7(19)8-17-18-9(12)20-8/h1-3H,(H,16,19). The Morgan fingerprint density at radius 3 is 2.50 bits per heavy atom. The van der Waals surface area contributed by atoms with Gasteiger partial charge in [0.05, 0.1) is 10.6 Å². The van der Waals surface area contributed by atoms with E-state index in [2.05, 4.69) is 15.5 Å². The second-order valence-corrected chi connectivity index (χ2v) is 5.47. The monoisotopic (exact) mass is 341 g/mol. The Balaban J connectivity index is 2.24. The summed E-state index contributed by atoms with van der Waals surface area (Å²) >= 11 is 11.8. The third-order valence-electron chi connectivity index (χ3n) is 2.12. The van der Waals surface area contributed by atoms with Gasteiger partial charge in [-0.05, 0) is 29.8 Å². The molecule has 2 rings (SSSR count). The molecule has 10 heteroatoms. The molecule has 2 aromatic rings. The number of anilines is 1. The van der Waals surface area contributed by atoms with Crippen molar-refractivity contribution in [1.82, 2.24) is 10.2 Å². The molecule has 4 nitrogen and oxygen atoms in total. The number of hydrogen-bond donors (Lipinski definition) is 1. The summed E-state index contributed by atoms with van der Waals surface area (Å²) in [5.74, 6) is -0.704. The minimum Gasteiger partial charge on any atom is -0.320 e. The van der Waals surface area contributed by atoms with Gasteiger partial charge in [-0.15, -0.1) is 10.2 Å². The van der Waals surface area contributed by atoms with Crippen LogP contribution in [0.5, 0.6) is 0 Å². The molecule has 1 heterocycles. The molecule has 0 aliphatic heterocycles. The molecule has 20 heavy (non-hydrogen) atoms. The number of nitrogens with zero attached hydrogens (tertiary/aromatic N) is 2. The molecule has 0 aliphatic carbocycles. The molecule has 1 aromatic heterocycles. The Morgan fingerprint density at radius 1 is 1.25 bits per heavy atom. The lowest BCUT2D eigenvalue weighted by Gasteiger charge is -2.11. The topological polar surface area (TPSA) is 54.9 Å². The third kappa shape index (κ3) is 3.38. The van der Waals surface area contributed by atoms with E-state index in [1.54, 1.807) is 0 Å². The number of carbonyl (C=O) groups is 1. The maximum Gasteiger partial charge on any atom is 0.417 e. The smallest absolute Gasteiger partial charge is 0.320 e. The molecule has 0 spiro atoms. The van der Waals surface area contributed by atoms with Crippen LogP contribution in [0.15, 0.2) is 18.2 Å². The molecule has 1 aromatic carbocycles. The van der Waals surface area contributed by atoms with Gasteiger partial charge in [-0.1, -0.05) is 22.9 Å². The first-order valence-corrected chi connectivity index (χ1v) is 6.51. The van der Waals surface area contributed by atoms with E-state index in [1.807, 2.05) is 0 Å². The second-order valence-electron chi connectivity index (χ2n) is 3.51. The number of halogens is 5. The molecule has 0 bridgehead atoms. The van der Waals surface area contributed by atoms with Crippen molar-refractivity contribution in [1.29, 1.82) is 0 Å². The number of alkyl halides is 3. The number of rotatable bonds is 2. The van der Waals surface area contributed by atoms with Gasteiger partial charge >= 0.3 is 6.18 Å². The fraction of sp³-hybridized carbons (Fsp3) is 0.100. The van der Waals surface area contributed by atoms with Crippen molar-refractivity contribution >= 4 is 46.1 Å². The van der Waals surface area contributed by atoms with Crippen LogP contribution >= 0.6 is 34.5 Å². The van der Waals surface area contributed by atoms with Crippen LogP contribution in [-0.2, 0) is 6.18 Å². The zero-order valence-electron chi connectivity index (χ0n) is 9.33. The van der Waals surface area contributed by atoms with E-state index in [1.165, 1.54) is 6.07 Å². The highest BCUT2D eigenvalue weighted by Crippen LogP contribution is 2.36. The molecule has 0 saturated heterocycles. The van der Waals surface area contributed by atoms with Crippen LogP contribution in [0.2, 0.25) is 9.49 Å². The highest BCUT2D eigenvalue weighted by atomic mass is 35.5. The summed E-state index contributed by atoms with van der Waals surface area (Å²) in [4.78, 5) is 11.7. The lowest BCUT2D eigenvalue weighted by atomic mass is 10.2. The number of hydrogen-bond acceptors (Lipinski definition) is 4. The van der Waals surface area contributed by atoms with Crippen molar-refractivity contribution in [3.05, 3.63) is 38.3 Å². The van der Waals surface area contributed by atoms with Gasteiger partial charge in [0.1, 0.15) is 0 Å². The van der Waals surface area contributed by atoms with Crippen molar-refractivity contribution < 1.29 is 18.0 Å². The Kier molecular flexibility index (Phi) is 4.17. The SMILES string of the molecule is O=C(Nc1ccc(Cl)c(C(F)(F)F)c1)c1nnc(Cl)s1. The molecular formula is C10H4Cl2F3N3OS. The van der Waals surface area contributed by atoms with Crippen LogP contribution in [-0.4, -0.2) is 16.1 Å². The number of aromatic nitrogens is 2. The minimum absolute atomic E-state index is 0.0569. The van der Waals surface area contributed by atoms with Crippen LogP contribution < -0.4 is 5.32 Å². The predicted molar refractivity (Wildman–Crippen MR) is 69.3 cm³/mol. The van der Waals surface area contributed by atoms with Crippen LogP contribution in [0.25, 0.3) is 0 Å². The van der Waals surface area contributed by atoms with Crippen molar-refractivity contribution in [2.45, 2.75) is 6.18 Å². The number of carbonyl (C=O) groups excluding carboxylic acids is 1. The molecular weight excluding hydrogens is 338 g/mol. The first-order valence-electron chi connectivity index (χ1n) is 4.94. The molecule has 0 atom stereocenters. The number of benzene rings is 1. The molecule has 0 saturated carbocycles. The molecule has 1 N–H and O–H groups in total. The molecule has 0 fully saturated rings. The lowest BCUT2D eigenvalue weighted by molar-refractivity contribution is -0.137. The maximum absolute atomic E-state index is 12.7. The Morgan fingerprint density at radius 2 is 1.95 bits per heavy atom. The normalized spacial score (nSPS) is 11.4. The highest BCUT2D eigenvalue weighted by molar-refractivity contribution is 7.17. The largest absolute Gasteiger partial charge is 0.417 e. The third-order valence-corrected chi connectivity index (χ3v) is 3.47. The molecule has 1 amide bonds. The van der Waals surface area contributed by atoms with E-state index in [0.717, 1.165) is 23.5 Å². The van der Waals surface area contributed by atoms with Gasteiger partial charge in [0, 0.05) is 5.69 Å². The zero-order valence-corrected chi connectivity index (χ0v) is 11.7. The van der Waals surface area contributed by atoms with E-state index in [-0.39, 0.29) is 15.2 Å². The van der Waals surface area contributed by atoms with Gasteiger partial charge in [0.15, 0.2) is 0 Å². The fourth-order valence-electron chi connectivity index (χ4n) is 1.30. The van der Waals surface area contributed by atoms with Crippen LogP contribution in [0.3, 0.4) is 0 Å². The van der Waals surface area contributed by atoms with Gasteiger partial charge in [0.2, 0.25) is 9.47 Å². The minimum atomic E-state index is -4.61. The van der Waals surface area contributed by atoms with E-state index in [0.29, 0.717) is 0 Å². The fourth-order valence-corrected chi connectivity index (χ4v) is 2.25. The average molecular weight is 342 g/mol. The number of nitrogens with one attached hydrogen (secondary N) is 1. The predicted octanol–water partition coefficient (Wildman–Crippen LogP) is 4.12. The van der Waals surface area contributed by atoms with Gasteiger partial charge in [-0.25, -0.2) is 0 Å². The van der Waals surface area contributed by atoms with Crippen molar-refractivity contribution in [3.63, 3.8) is 0 Å².